The first-order valence-electron chi connectivity index (χ1n) is 6.73. The molecule has 1 aromatic rings. The first-order chi connectivity index (χ1) is 9.20. The van der Waals surface area contributed by atoms with Gasteiger partial charge in [-0.1, -0.05) is 6.07 Å². The summed E-state index contributed by atoms with van der Waals surface area (Å²) < 4.78 is 10.4. The Hall–Kier alpha value is -1.84. The van der Waals surface area contributed by atoms with Gasteiger partial charge < -0.3 is 9.47 Å². The highest BCUT2D eigenvalue weighted by molar-refractivity contribution is 5.94. The molecule has 108 valence electrons. The second kappa shape index (κ2) is 4.93. The molecule has 2 rings (SSSR count). The van der Waals surface area contributed by atoms with Gasteiger partial charge >= 0.3 is 11.9 Å². The third-order valence-electron chi connectivity index (χ3n) is 3.43. The van der Waals surface area contributed by atoms with Gasteiger partial charge in [-0.05, 0) is 51.8 Å². The van der Waals surface area contributed by atoms with E-state index >= 15 is 0 Å². The maximum Gasteiger partial charge on any atom is 0.338 e. The summed E-state index contributed by atoms with van der Waals surface area (Å²) in [7, 11) is 0. The Bertz CT molecular complexity index is 567. The molecule has 1 atom stereocenters. The number of hydrogen-bond donors (Lipinski definition) is 0. The topological polar surface area (TPSA) is 52.6 Å². The summed E-state index contributed by atoms with van der Waals surface area (Å²) >= 11 is 0. The minimum atomic E-state index is -0.505. The fraction of sp³-hybridized carbons (Fsp3) is 0.500. The fourth-order valence-electron chi connectivity index (χ4n) is 2.35. The molecule has 4 nitrogen and oxygen atoms in total. The van der Waals surface area contributed by atoms with Crippen molar-refractivity contribution in [3.63, 3.8) is 0 Å². The van der Waals surface area contributed by atoms with Crippen LogP contribution in [-0.4, -0.2) is 17.5 Å². The molecule has 1 heterocycles. The van der Waals surface area contributed by atoms with E-state index in [1.54, 1.807) is 6.07 Å². The Kier molecular flexibility index (Phi) is 3.59. The van der Waals surface area contributed by atoms with Gasteiger partial charge in [0.2, 0.25) is 0 Å². The molecule has 20 heavy (non-hydrogen) atoms. The number of benzene rings is 1. The van der Waals surface area contributed by atoms with Crippen LogP contribution in [0.5, 0.6) is 0 Å². The Morgan fingerprint density at radius 2 is 2.00 bits per heavy atom. The molecule has 0 bridgehead atoms. The molecule has 1 aromatic carbocycles. The van der Waals surface area contributed by atoms with Crippen molar-refractivity contribution in [2.75, 3.05) is 0 Å². The van der Waals surface area contributed by atoms with E-state index in [9.17, 15) is 9.59 Å². The van der Waals surface area contributed by atoms with Gasteiger partial charge in [-0.2, -0.15) is 0 Å². The lowest BCUT2D eigenvalue weighted by molar-refractivity contribution is -0.156. The van der Waals surface area contributed by atoms with Crippen molar-refractivity contribution in [1.82, 2.24) is 0 Å². The summed E-state index contributed by atoms with van der Waals surface area (Å²) in [6.45, 7) is 9.56. The second-order valence-corrected chi connectivity index (χ2v) is 6.14. The SMILES string of the molecule is Cc1c([C@H](C)C(=O)OC(C)(C)C)ccc2c1COC2=O. The molecule has 0 saturated carbocycles. The van der Waals surface area contributed by atoms with Gasteiger partial charge in [0.05, 0.1) is 11.5 Å². The first-order valence-corrected chi connectivity index (χ1v) is 6.73. The van der Waals surface area contributed by atoms with Crippen LogP contribution in [-0.2, 0) is 20.9 Å². The van der Waals surface area contributed by atoms with Crippen molar-refractivity contribution in [3.05, 3.63) is 34.4 Å². The van der Waals surface area contributed by atoms with Gasteiger partial charge in [-0.15, -0.1) is 0 Å². The lowest BCUT2D eigenvalue weighted by Crippen LogP contribution is -2.27. The van der Waals surface area contributed by atoms with Gasteiger partial charge in [-0.3, -0.25) is 4.79 Å². The molecule has 4 heteroatoms. The maximum absolute atomic E-state index is 12.2. The standard InChI is InChI=1S/C16H20O4/c1-9-11(10(2)14(17)20-16(3,4)5)6-7-12-13(9)8-19-15(12)18/h6-7,10H,8H2,1-5H3/t10-/m0/s1. The molecule has 0 radical (unpaired) electrons. The summed E-state index contributed by atoms with van der Waals surface area (Å²) in [5.41, 5.74) is 2.79. The summed E-state index contributed by atoms with van der Waals surface area (Å²) in [6.07, 6.45) is 0. The van der Waals surface area contributed by atoms with Crippen LogP contribution in [0.15, 0.2) is 12.1 Å². The Morgan fingerprint density at radius 3 is 2.60 bits per heavy atom. The van der Waals surface area contributed by atoms with Crippen LogP contribution in [0, 0.1) is 6.92 Å². The first kappa shape index (κ1) is 14.6. The van der Waals surface area contributed by atoms with Crippen molar-refractivity contribution < 1.29 is 19.1 Å². The smallest absolute Gasteiger partial charge is 0.338 e. The molecule has 0 aromatic heterocycles. The molecular formula is C16H20O4. The molecule has 0 aliphatic carbocycles. The van der Waals surface area contributed by atoms with E-state index in [1.165, 1.54) is 0 Å². The normalized spacial score (nSPS) is 15.6. The Balaban J connectivity index is 2.30. The van der Waals surface area contributed by atoms with Crippen molar-refractivity contribution in [2.45, 2.75) is 52.7 Å². The number of ether oxygens (including phenoxy) is 2. The van der Waals surface area contributed by atoms with Crippen molar-refractivity contribution >= 4 is 11.9 Å². The highest BCUT2D eigenvalue weighted by atomic mass is 16.6. The van der Waals surface area contributed by atoms with E-state index in [2.05, 4.69) is 0 Å². The van der Waals surface area contributed by atoms with Crippen LogP contribution in [0.4, 0.5) is 0 Å². The summed E-state index contributed by atoms with van der Waals surface area (Å²) in [5.74, 6) is -0.916. The number of hydrogen-bond acceptors (Lipinski definition) is 4. The van der Waals surface area contributed by atoms with Crippen molar-refractivity contribution in [1.29, 1.82) is 0 Å². The van der Waals surface area contributed by atoms with Crippen LogP contribution in [0.25, 0.3) is 0 Å². The number of cyclic esters (lactones) is 1. The number of carbonyl (C=O) groups is 2. The Morgan fingerprint density at radius 1 is 1.35 bits per heavy atom. The predicted molar refractivity (Wildman–Crippen MR) is 74.6 cm³/mol. The van der Waals surface area contributed by atoms with Crippen LogP contribution in [0.3, 0.4) is 0 Å². The third kappa shape index (κ3) is 2.69. The van der Waals surface area contributed by atoms with Gasteiger partial charge in [0, 0.05) is 5.56 Å². The van der Waals surface area contributed by atoms with Crippen LogP contribution < -0.4 is 0 Å². The molecule has 1 aliphatic rings. The van der Waals surface area contributed by atoms with Crippen LogP contribution in [0.2, 0.25) is 0 Å². The average molecular weight is 276 g/mol. The van der Waals surface area contributed by atoms with E-state index in [4.69, 9.17) is 9.47 Å². The number of rotatable bonds is 2. The largest absolute Gasteiger partial charge is 0.460 e. The van der Waals surface area contributed by atoms with Gasteiger partial charge in [0.15, 0.2) is 0 Å². The zero-order chi connectivity index (χ0) is 15.1. The van der Waals surface area contributed by atoms with Gasteiger partial charge in [-0.25, -0.2) is 4.79 Å². The highest BCUT2D eigenvalue weighted by Crippen LogP contribution is 2.30. The van der Waals surface area contributed by atoms with E-state index in [1.807, 2.05) is 40.7 Å². The Labute approximate surface area is 119 Å². The lowest BCUT2D eigenvalue weighted by Gasteiger charge is -2.23. The number of esters is 2. The highest BCUT2D eigenvalue weighted by Gasteiger charge is 2.28. The third-order valence-corrected chi connectivity index (χ3v) is 3.43. The molecule has 0 unspecified atom stereocenters. The van der Waals surface area contributed by atoms with E-state index in [-0.39, 0.29) is 24.5 Å². The molecule has 0 fully saturated rings. The monoisotopic (exact) mass is 276 g/mol. The second-order valence-electron chi connectivity index (χ2n) is 6.14. The molecule has 0 spiro atoms. The van der Waals surface area contributed by atoms with Crippen LogP contribution in [0.1, 0.15) is 60.7 Å². The predicted octanol–water partition coefficient (Wildman–Crippen LogP) is 3.11. The fourth-order valence-corrected chi connectivity index (χ4v) is 2.35. The maximum atomic E-state index is 12.2. The van der Waals surface area contributed by atoms with E-state index in [0.717, 1.165) is 16.7 Å². The zero-order valence-electron chi connectivity index (χ0n) is 12.6. The van der Waals surface area contributed by atoms with E-state index < -0.39 is 5.60 Å². The summed E-state index contributed by atoms with van der Waals surface area (Å²) in [4.78, 5) is 23.7. The molecule has 0 saturated heterocycles. The summed E-state index contributed by atoms with van der Waals surface area (Å²) in [5, 5.41) is 0. The van der Waals surface area contributed by atoms with Crippen molar-refractivity contribution in [3.8, 4) is 0 Å². The van der Waals surface area contributed by atoms with E-state index in [0.29, 0.717) is 5.56 Å². The average Bonchev–Trinajstić information content (AvgIpc) is 2.70. The molecule has 0 N–H and O–H groups in total. The number of fused-ring (bicyclic) bond motifs is 1. The molecule has 0 amide bonds. The number of carbonyl (C=O) groups excluding carboxylic acids is 2. The molecular weight excluding hydrogens is 256 g/mol. The summed E-state index contributed by atoms with van der Waals surface area (Å²) in [6, 6.07) is 3.54. The van der Waals surface area contributed by atoms with Crippen LogP contribution >= 0.6 is 0 Å². The van der Waals surface area contributed by atoms with Gasteiger partial charge in [0.25, 0.3) is 0 Å². The zero-order valence-corrected chi connectivity index (χ0v) is 12.6. The minimum absolute atomic E-state index is 0.259. The lowest BCUT2D eigenvalue weighted by atomic mass is 9.91. The quantitative estimate of drug-likeness (QED) is 0.779. The molecule has 1 aliphatic heterocycles. The minimum Gasteiger partial charge on any atom is -0.460 e. The van der Waals surface area contributed by atoms with Crippen molar-refractivity contribution in [2.24, 2.45) is 0 Å². The van der Waals surface area contributed by atoms with Gasteiger partial charge in [0.1, 0.15) is 12.2 Å².